The zero-order valence-electron chi connectivity index (χ0n) is 9.81. The van der Waals surface area contributed by atoms with E-state index in [-0.39, 0.29) is 17.7 Å². The maximum atomic E-state index is 10.7. The van der Waals surface area contributed by atoms with Crippen molar-refractivity contribution in [1.29, 1.82) is 0 Å². The van der Waals surface area contributed by atoms with Gasteiger partial charge >= 0.3 is 0 Å². The van der Waals surface area contributed by atoms with Crippen LogP contribution in [0.15, 0.2) is 0 Å². The van der Waals surface area contributed by atoms with Crippen LogP contribution in [0.25, 0.3) is 0 Å². The van der Waals surface area contributed by atoms with Gasteiger partial charge in [-0.15, -0.1) is 0 Å². The Morgan fingerprint density at radius 3 is 1.54 bits per heavy atom. The van der Waals surface area contributed by atoms with Crippen LogP contribution in [-0.2, 0) is 4.79 Å². The van der Waals surface area contributed by atoms with E-state index in [4.69, 9.17) is 5.73 Å². The highest BCUT2D eigenvalue weighted by Gasteiger charge is 2.18. The summed E-state index contributed by atoms with van der Waals surface area (Å²) in [6.45, 7) is 10.2. The van der Waals surface area contributed by atoms with Gasteiger partial charge in [-0.05, 0) is 0 Å². The predicted octanol–water partition coefficient (Wildman–Crippen LogP) is 2.76. The molecule has 2 nitrogen and oxygen atoms in total. The highest BCUT2D eigenvalue weighted by Crippen LogP contribution is 2.12. The average Bonchev–Trinajstić information content (AvgIpc) is 2.04. The highest BCUT2D eigenvalue weighted by molar-refractivity contribution is 5.85. The molecule has 0 aromatic heterocycles. The third-order valence-corrected chi connectivity index (χ3v) is 1.73. The maximum Gasteiger partial charge on any atom is 0.151 e. The predicted molar refractivity (Wildman–Crippen MR) is 58.7 cm³/mol. The minimum absolute atomic E-state index is 0.109. The van der Waals surface area contributed by atoms with E-state index in [9.17, 15) is 4.79 Å². The van der Waals surface area contributed by atoms with Crippen LogP contribution >= 0.6 is 0 Å². The zero-order valence-corrected chi connectivity index (χ0v) is 9.81. The van der Waals surface area contributed by atoms with Crippen LogP contribution in [0.5, 0.6) is 0 Å². The summed E-state index contributed by atoms with van der Waals surface area (Å²) < 4.78 is 0. The number of unbranched alkanes of at least 4 members (excludes halogenated alkanes) is 2. The summed E-state index contributed by atoms with van der Waals surface area (Å²) in [6, 6.07) is 0. The molecular formula is C11H25NO. The lowest BCUT2D eigenvalue weighted by Crippen LogP contribution is -2.27. The van der Waals surface area contributed by atoms with Crippen molar-refractivity contribution in [1.82, 2.24) is 0 Å². The fraction of sp³-hybridized carbons (Fsp3) is 0.909. The Morgan fingerprint density at radius 2 is 1.54 bits per heavy atom. The molecule has 2 heteroatoms. The molecule has 0 aliphatic rings. The molecule has 0 amide bonds. The van der Waals surface area contributed by atoms with Crippen molar-refractivity contribution in [2.45, 2.75) is 53.9 Å². The summed E-state index contributed by atoms with van der Waals surface area (Å²) in [7, 11) is 0. The van der Waals surface area contributed by atoms with E-state index < -0.39 is 0 Å². The van der Waals surface area contributed by atoms with Crippen LogP contribution in [0, 0.1) is 5.41 Å². The van der Waals surface area contributed by atoms with E-state index in [1.807, 2.05) is 20.8 Å². The van der Waals surface area contributed by atoms with E-state index in [1.165, 1.54) is 19.3 Å². The van der Waals surface area contributed by atoms with Gasteiger partial charge in [-0.3, -0.25) is 4.79 Å². The van der Waals surface area contributed by atoms with Crippen LogP contribution in [0.2, 0.25) is 0 Å². The molecule has 80 valence electrons. The number of nitrogens with two attached hydrogens (primary N) is 1. The summed E-state index contributed by atoms with van der Waals surface area (Å²) in [5.74, 6) is 0.109. The van der Waals surface area contributed by atoms with Gasteiger partial charge in [0.15, 0.2) is 5.78 Å². The van der Waals surface area contributed by atoms with Gasteiger partial charge in [0, 0.05) is 5.41 Å². The SMILES string of the molecule is CC(C)(C)C(=O)CN.CCCCC. The Morgan fingerprint density at radius 1 is 1.15 bits per heavy atom. The molecule has 0 aliphatic heterocycles. The van der Waals surface area contributed by atoms with Gasteiger partial charge in [0.05, 0.1) is 6.54 Å². The molecule has 0 aromatic rings. The van der Waals surface area contributed by atoms with Gasteiger partial charge in [-0.2, -0.15) is 0 Å². The van der Waals surface area contributed by atoms with Crippen LogP contribution in [0.3, 0.4) is 0 Å². The number of ketones is 1. The third kappa shape index (κ3) is 11.6. The van der Waals surface area contributed by atoms with E-state index >= 15 is 0 Å². The number of Topliss-reactive ketones (excluding diaryl/α,β-unsaturated/α-hetero) is 1. The fourth-order valence-corrected chi connectivity index (χ4v) is 0.660. The summed E-state index contributed by atoms with van der Waals surface area (Å²) >= 11 is 0. The van der Waals surface area contributed by atoms with E-state index in [0.717, 1.165) is 0 Å². The Labute approximate surface area is 82.9 Å². The second kappa shape index (κ2) is 8.24. The Bertz CT molecular complexity index is 123. The largest absolute Gasteiger partial charge is 0.324 e. The second-order valence-electron chi connectivity index (χ2n) is 4.23. The van der Waals surface area contributed by atoms with Crippen molar-refractivity contribution >= 4 is 5.78 Å². The molecule has 0 atom stereocenters. The summed E-state index contributed by atoms with van der Waals surface area (Å²) in [4.78, 5) is 10.7. The van der Waals surface area contributed by atoms with Crippen molar-refractivity contribution in [2.24, 2.45) is 11.1 Å². The van der Waals surface area contributed by atoms with Crippen molar-refractivity contribution in [3.8, 4) is 0 Å². The minimum Gasteiger partial charge on any atom is -0.324 e. The number of hydrogen-bond acceptors (Lipinski definition) is 2. The zero-order chi connectivity index (χ0) is 10.9. The molecule has 0 radical (unpaired) electrons. The first-order chi connectivity index (χ1) is 5.90. The molecule has 0 aromatic carbocycles. The maximum absolute atomic E-state index is 10.7. The third-order valence-electron chi connectivity index (χ3n) is 1.73. The monoisotopic (exact) mass is 187 g/mol. The lowest BCUT2D eigenvalue weighted by molar-refractivity contribution is -0.124. The Balaban J connectivity index is 0. The van der Waals surface area contributed by atoms with E-state index in [0.29, 0.717) is 0 Å². The molecule has 13 heavy (non-hydrogen) atoms. The molecule has 0 aliphatic carbocycles. The minimum atomic E-state index is -0.255. The molecule has 0 spiro atoms. The van der Waals surface area contributed by atoms with Gasteiger partial charge in [-0.1, -0.05) is 53.9 Å². The molecule has 0 fully saturated rings. The number of carbonyl (C=O) groups excluding carboxylic acids is 1. The number of hydrogen-bond donors (Lipinski definition) is 1. The summed E-state index contributed by atoms with van der Waals surface area (Å²) in [5, 5.41) is 0. The Hall–Kier alpha value is -0.370. The summed E-state index contributed by atoms with van der Waals surface area (Å²) in [6.07, 6.45) is 4.08. The first kappa shape index (κ1) is 15.1. The van der Waals surface area contributed by atoms with Gasteiger partial charge in [0.1, 0.15) is 0 Å². The van der Waals surface area contributed by atoms with Crippen LogP contribution in [-0.4, -0.2) is 12.3 Å². The number of rotatable bonds is 3. The highest BCUT2D eigenvalue weighted by atomic mass is 16.1. The lowest BCUT2D eigenvalue weighted by Gasteiger charge is -2.13. The normalized spacial score (nSPS) is 10.3. The first-order valence-electron chi connectivity index (χ1n) is 5.13. The molecule has 0 unspecified atom stereocenters. The fourth-order valence-electron chi connectivity index (χ4n) is 0.660. The van der Waals surface area contributed by atoms with Gasteiger partial charge in [-0.25, -0.2) is 0 Å². The van der Waals surface area contributed by atoms with Gasteiger partial charge in [0.2, 0.25) is 0 Å². The van der Waals surface area contributed by atoms with E-state index in [2.05, 4.69) is 13.8 Å². The summed E-state index contributed by atoms with van der Waals surface area (Å²) in [5.41, 5.74) is 4.85. The standard InChI is InChI=1S/C6H13NO.C5H12/c1-6(2,3)5(8)4-7;1-3-5-4-2/h4,7H2,1-3H3;3-5H2,1-2H3. The van der Waals surface area contributed by atoms with Crippen LogP contribution < -0.4 is 5.73 Å². The average molecular weight is 187 g/mol. The molecule has 0 bridgehead atoms. The molecular weight excluding hydrogens is 162 g/mol. The van der Waals surface area contributed by atoms with Crippen molar-refractivity contribution < 1.29 is 4.79 Å². The molecule has 0 rings (SSSR count). The number of carbonyl (C=O) groups is 1. The van der Waals surface area contributed by atoms with Crippen molar-refractivity contribution in [3.63, 3.8) is 0 Å². The first-order valence-corrected chi connectivity index (χ1v) is 5.13. The van der Waals surface area contributed by atoms with Crippen LogP contribution in [0.4, 0.5) is 0 Å². The quantitative estimate of drug-likeness (QED) is 0.738. The van der Waals surface area contributed by atoms with Crippen LogP contribution in [0.1, 0.15) is 53.9 Å². The van der Waals surface area contributed by atoms with E-state index in [1.54, 1.807) is 0 Å². The molecule has 0 saturated carbocycles. The topological polar surface area (TPSA) is 43.1 Å². The molecule has 2 N–H and O–H groups in total. The van der Waals surface area contributed by atoms with Crippen molar-refractivity contribution in [2.75, 3.05) is 6.54 Å². The smallest absolute Gasteiger partial charge is 0.151 e. The second-order valence-corrected chi connectivity index (χ2v) is 4.23. The van der Waals surface area contributed by atoms with Gasteiger partial charge in [0.25, 0.3) is 0 Å². The van der Waals surface area contributed by atoms with Gasteiger partial charge < -0.3 is 5.73 Å². The Kier molecular flexibility index (Phi) is 9.58. The molecule has 0 heterocycles. The van der Waals surface area contributed by atoms with Crippen molar-refractivity contribution in [3.05, 3.63) is 0 Å². The molecule has 0 saturated heterocycles. The lowest BCUT2D eigenvalue weighted by atomic mass is 9.91.